The zero-order chi connectivity index (χ0) is 24.6. The van der Waals surface area contributed by atoms with Crippen molar-refractivity contribution in [3.63, 3.8) is 0 Å². The molecule has 4 rings (SSSR count). The number of fused-ring (bicyclic) bond motifs is 1. The van der Waals surface area contributed by atoms with Crippen molar-refractivity contribution in [3.8, 4) is 0 Å². The molecule has 0 aromatic heterocycles. The molecule has 3 aliphatic rings. The van der Waals surface area contributed by atoms with E-state index in [2.05, 4.69) is 21.2 Å². The lowest BCUT2D eigenvalue weighted by molar-refractivity contribution is -0.153. The normalized spacial score (nSPS) is 31.6. The van der Waals surface area contributed by atoms with Crippen LogP contribution in [0.5, 0.6) is 0 Å². The van der Waals surface area contributed by atoms with Crippen LogP contribution in [0, 0.1) is 25.7 Å². The number of hydrogen-bond donors (Lipinski definition) is 2. The van der Waals surface area contributed by atoms with E-state index >= 15 is 0 Å². The summed E-state index contributed by atoms with van der Waals surface area (Å²) in [6.07, 6.45) is 2.76. The van der Waals surface area contributed by atoms with Gasteiger partial charge in [-0.25, -0.2) is 0 Å². The van der Waals surface area contributed by atoms with Crippen LogP contribution in [0.3, 0.4) is 0 Å². The van der Waals surface area contributed by atoms with Crippen LogP contribution in [-0.4, -0.2) is 68.4 Å². The largest absolute Gasteiger partial charge is 0.466 e. The maximum Gasteiger partial charge on any atom is 0.310 e. The topological polar surface area (TPSA) is 95.9 Å². The molecule has 3 saturated heterocycles. The summed E-state index contributed by atoms with van der Waals surface area (Å²) >= 11 is 5.36. The molecular weight excluding hydrogens is 520 g/mol. The third kappa shape index (κ3) is 4.17. The van der Waals surface area contributed by atoms with E-state index in [1.807, 2.05) is 32.0 Å². The number of unbranched alkanes of at least 4 members (excludes halogenated alkanes) is 2. The van der Waals surface area contributed by atoms with Gasteiger partial charge in [-0.2, -0.15) is 0 Å². The van der Waals surface area contributed by atoms with E-state index in [9.17, 15) is 14.4 Å². The minimum atomic E-state index is -0.676. The molecule has 3 heterocycles. The number of nitrogens with zero attached hydrogens (tertiary/aromatic N) is 1. The highest BCUT2D eigenvalue weighted by Crippen LogP contribution is 2.67. The predicted molar refractivity (Wildman–Crippen MR) is 136 cm³/mol. The summed E-state index contributed by atoms with van der Waals surface area (Å²) in [6, 6.07) is 5.19. The van der Waals surface area contributed by atoms with E-state index in [0.717, 1.165) is 23.2 Å². The van der Waals surface area contributed by atoms with Gasteiger partial charge < -0.3 is 20.1 Å². The number of aliphatic hydroxyl groups is 1. The summed E-state index contributed by atoms with van der Waals surface area (Å²) in [5.74, 6) is -1.80. The second-order valence-corrected chi connectivity index (χ2v) is 12.2. The minimum absolute atomic E-state index is 0.0285. The first kappa shape index (κ1) is 25.5. The highest BCUT2D eigenvalue weighted by Gasteiger charge is 2.75. The summed E-state index contributed by atoms with van der Waals surface area (Å²) in [5, 5.41) is 12.2. The minimum Gasteiger partial charge on any atom is -0.466 e. The first-order valence-corrected chi connectivity index (χ1v) is 13.8. The van der Waals surface area contributed by atoms with Crippen molar-refractivity contribution in [2.45, 2.75) is 67.3 Å². The number of aliphatic hydroxyl groups excluding tert-OH is 1. The number of nitrogens with one attached hydrogen (secondary N) is 1. The van der Waals surface area contributed by atoms with Gasteiger partial charge in [0.2, 0.25) is 11.8 Å². The van der Waals surface area contributed by atoms with Crippen LogP contribution in [0.25, 0.3) is 0 Å². The average Bonchev–Trinajstić information content (AvgIpc) is 3.37. The molecule has 3 fully saturated rings. The number of ether oxygens (including phenoxy) is 1. The Morgan fingerprint density at radius 1 is 1.26 bits per heavy atom. The van der Waals surface area contributed by atoms with Gasteiger partial charge in [0.1, 0.15) is 6.04 Å². The fourth-order valence-electron chi connectivity index (χ4n) is 5.95. The average molecular weight is 554 g/mol. The quantitative estimate of drug-likeness (QED) is 0.277. The molecule has 2 amide bonds. The number of rotatable bonds is 9. The lowest BCUT2D eigenvalue weighted by atomic mass is 9.71. The summed E-state index contributed by atoms with van der Waals surface area (Å²) < 4.78 is 4.70. The van der Waals surface area contributed by atoms with Crippen LogP contribution in [-0.2, 0) is 19.1 Å². The first-order valence-electron chi connectivity index (χ1n) is 12.0. The molecule has 3 unspecified atom stereocenters. The number of para-hydroxylation sites is 1. The third-order valence-corrected chi connectivity index (χ3v) is 10.6. The van der Waals surface area contributed by atoms with Crippen LogP contribution in [0.15, 0.2) is 18.2 Å². The van der Waals surface area contributed by atoms with Gasteiger partial charge in [0.15, 0.2) is 0 Å². The molecule has 0 radical (unpaired) electrons. The fourth-order valence-corrected chi connectivity index (χ4v) is 9.55. The Morgan fingerprint density at radius 2 is 1.97 bits per heavy atom. The Kier molecular flexibility index (Phi) is 7.64. The number of alkyl halides is 1. The van der Waals surface area contributed by atoms with Gasteiger partial charge in [-0.15, -0.1) is 11.8 Å². The lowest BCUT2D eigenvalue weighted by Gasteiger charge is -2.35. The van der Waals surface area contributed by atoms with Crippen LogP contribution < -0.4 is 5.32 Å². The van der Waals surface area contributed by atoms with Gasteiger partial charge in [0.05, 0.1) is 23.2 Å². The number of carbonyl (C=O) groups excluding carboxylic acids is 3. The monoisotopic (exact) mass is 552 g/mol. The summed E-state index contributed by atoms with van der Waals surface area (Å²) in [5.41, 5.74) is 2.70. The highest BCUT2D eigenvalue weighted by atomic mass is 79.9. The Morgan fingerprint density at radius 3 is 2.62 bits per heavy atom. The zero-order valence-electron chi connectivity index (χ0n) is 19.9. The fraction of sp³-hybridized carbons (Fsp3) is 0.640. The van der Waals surface area contributed by atoms with Gasteiger partial charge in [0, 0.05) is 28.9 Å². The molecular formula is C25H33BrN2O5S. The van der Waals surface area contributed by atoms with Crippen LogP contribution in [0.4, 0.5) is 5.69 Å². The number of anilines is 1. The van der Waals surface area contributed by atoms with Crippen molar-refractivity contribution in [1.29, 1.82) is 0 Å². The number of likely N-dealkylation sites (tertiary alicyclic amines) is 1. The lowest BCUT2D eigenvalue weighted by Crippen LogP contribution is -2.52. The summed E-state index contributed by atoms with van der Waals surface area (Å²) in [6.45, 7) is 6.47. The van der Waals surface area contributed by atoms with Crippen LogP contribution in [0.2, 0.25) is 0 Å². The smallest absolute Gasteiger partial charge is 0.310 e. The Balaban J connectivity index is 1.70. The molecule has 2 bridgehead atoms. The highest BCUT2D eigenvalue weighted by molar-refractivity contribution is 9.09. The Labute approximate surface area is 213 Å². The number of carbonyl (C=O) groups is 3. The molecule has 7 nitrogen and oxygen atoms in total. The second kappa shape index (κ2) is 10.2. The van der Waals surface area contributed by atoms with Crippen molar-refractivity contribution in [2.75, 3.05) is 25.1 Å². The third-order valence-electron chi connectivity index (χ3n) is 7.38. The first-order chi connectivity index (χ1) is 16.3. The Hall–Kier alpha value is -1.58. The predicted octanol–water partition coefficient (Wildman–Crippen LogP) is 3.43. The molecule has 0 saturated carbocycles. The van der Waals surface area contributed by atoms with Gasteiger partial charge in [0.25, 0.3) is 0 Å². The summed E-state index contributed by atoms with van der Waals surface area (Å²) in [4.78, 5) is 42.4. The van der Waals surface area contributed by atoms with E-state index in [0.29, 0.717) is 25.8 Å². The van der Waals surface area contributed by atoms with Crippen molar-refractivity contribution in [3.05, 3.63) is 29.3 Å². The molecule has 34 heavy (non-hydrogen) atoms. The molecule has 1 aromatic carbocycles. The van der Waals surface area contributed by atoms with Crippen LogP contribution in [0.1, 0.15) is 43.7 Å². The van der Waals surface area contributed by atoms with Crippen molar-refractivity contribution in [1.82, 2.24) is 4.90 Å². The maximum absolute atomic E-state index is 13.9. The van der Waals surface area contributed by atoms with Crippen LogP contribution >= 0.6 is 27.7 Å². The van der Waals surface area contributed by atoms with Crippen molar-refractivity contribution >= 4 is 51.2 Å². The van der Waals surface area contributed by atoms with Crippen molar-refractivity contribution in [2.24, 2.45) is 11.8 Å². The molecule has 0 aliphatic carbocycles. The SMILES string of the molecule is CCOC(=O)[C@H]1[C@H]2C(=O)N(CCCCCO)C(C(=O)Nc3c(C)cccc3C)C23CC(Br)[C@@H]1S3. The van der Waals surface area contributed by atoms with Gasteiger partial charge in [-0.3, -0.25) is 14.4 Å². The van der Waals surface area contributed by atoms with Gasteiger partial charge in [-0.1, -0.05) is 34.1 Å². The second-order valence-electron chi connectivity index (χ2n) is 9.49. The summed E-state index contributed by atoms with van der Waals surface area (Å²) in [7, 11) is 0. The molecule has 6 atom stereocenters. The van der Waals surface area contributed by atoms with E-state index in [4.69, 9.17) is 9.84 Å². The van der Waals surface area contributed by atoms with E-state index in [-0.39, 0.29) is 41.1 Å². The van der Waals surface area contributed by atoms with Crippen molar-refractivity contribution < 1.29 is 24.2 Å². The van der Waals surface area contributed by atoms with Gasteiger partial charge in [-0.05, 0) is 57.6 Å². The number of benzene rings is 1. The molecule has 186 valence electrons. The Bertz CT molecular complexity index is 954. The maximum atomic E-state index is 13.9. The molecule has 9 heteroatoms. The molecule has 2 N–H and O–H groups in total. The number of aryl methyl sites for hydroxylation is 2. The molecule has 3 aliphatic heterocycles. The number of esters is 1. The van der Waals surface area contributed by atoms with E-state index in [1.165, 1.54) is 0 Å². The number of hydrogen-bond acceptors (Lipinski definition) is 6. The molecule has 1 aromatic rings. The molecule has 1 spiro atoms. The standard InChI is InChI=1S/C25H33BrN2O5S/c1-4-33-24(32)17-18-23(31)28(11-6-5-7-12-29)21(25(18)13-16(26)20(17)34-25)22(30)27-19-14(2)9-8-10-15(19)3/h8-10,16-18,20-21,29H,4-7,11-13H2,1-3H3,(H,27,30)/t16?,17-,18-,20-,21?,25?/m0/s1. The van der Waals surface area contributed by atoms with E-state index in [1.54, 1.807) is 23.6 Å². The number of thioether (sulfide) groups is 1. The zero-order valence-corrected chi connectivity index (χ0v) is 22.3. The number of amides is 2. The van der Waals surface area contributed by atoms with E-state index < -0.39 is 22.6 Å². The van der Waals surface area contributed by atoms with Gasteiger partial charge >= 0.3 is 5.97 Å². The number of halogens is 1.